The molecule has 0 aromatic heterocycles. The van der Waals surface area contributed by atoms with Gasteiger partial charge in [-0.3, -0.25) is 4.79 Å². The van der Waals surface area contributed by atoms with Crippen LogP contribution >= 0.6 is 0 Å². The van der Waals surface area contributed by atoms with Crippen molar-refractivity contribution >= 4 is 11.9 Å². The molecule has 0 radical (unpaired) electrons. The van der Waals surface area contributed by atoms with Gasteiger partial charge in [0, 0.05) is 13.3 Å². The molecular formula is C34H57NO28. The van der Waals surface area contributed by atoms with Crippen LogP contribution in [0.3, 0.4) is 0 Å². The van der Waals surface area contributed by atoms with Gasteiger partial charge in [0.2, 0.25) is 5.91 Å². The Hall–Kier alpha value is -2.06. The van der Waals surface area contributed by atoms with Crippen molar-refractivity contribution in [3.05, 3.63) is 0 Å². The van der Waals surface area contributed by atoms with E-state index in [0.29, 0.717) is 0 Å². The number of carboxylic acids is 1. The first kappa shape index (κ1) is 51.9. The van der Waals surface area contributed by atoms with Crippen LogP contribution in [-0.2, 0) is 52.2 Å². The Labute approximate surface area is 355 Å². The molecule has 0 aromatic carbocycles. The lowest BCUT2D eigenvalue weighted by atomic mass is 9.87. The third-order valence-electron chi connectivity index (χ3n) is 11.4. The van der Waals surface area contributed by atoms with Gasteiger partial charge in [-0.15, -0.1) is 0 Å². The van der Waals surface area contributed by atoms with E-state index < -0.39 is 204 Å². The zero-order valence-electron chi connectivity index (χ0n) is 33.2. The first-order valence-corrected chi connectivity index (χ1v) is 19.7. The van der Waals surface area contributed by atoms with Crippen molar-refractivity contribution < 1.29 is 139 Å². The number of carbonyl (C=O) groups is 2. The highest BCUT2D eigenvalue weighted by Crippen LogP contribution is 2.41. The molecule has 18 N–H and O–H groups in total. The zero-order valence-corrected chi connectivity index (χ0v) is 33.2. The lowest BCUT2D eigenvalue weighted by molar-refractivity contribution is -0.392. The molecule has 5 rings (SSSR count). The average Bonchev–Trinajstić information content (AvgIpc) is 3.53. The SMILES string of the molecule is CC(=O)N[C@H]1[C@H]([C@H](O)[C@H](O)CO)O[C@@](O[C@H]2[C@@H](O)[C@@H](CO)O[C@@H](O[C@H]3[C@H](O)[C@@H](O)[C@H](O)O[C@@H]3CO)[C@@H]2O)(C(=O)O)C[C@@H]1O[C@@H]1O[C@H](CO)[C@H](O)[C@H](O[C@@H]2O[C@@H](CO)[C@H](O)[C@H]2O)[C@H]1O. The normalized spacial score (nSPS) is 48.1. The molecule has 63 heavy (non-hydrogen) atoms. The number of aliphatic hydroxyl groups is 16. The Morgan fingerprint density at radius 2 is 1.11 bits per heavy atom. The summed E-state index contributed by atoms with van der Waals surface area (Å²) in [6.45, 7) is -4.11. The Balaban J connectivity index is 1.52. The van der Waals surface area contributed by atoms with Crippen molar-refractivity contribution in [2.45, 2.75) is 166 Å². The highest BCUT2D eigenvalue weighted by atomic mass is 16.8. The summed E-state index contributed by atoms with van der Waals surface area (Å²) in [7, 11) is 0. The summed E-state index contributed by atoms with van der Waals surface area (Å²) in [5, 5.41) is 181. The number of hydrogen-bond donors (Lipinski definition) is 18. The maximum Gasteiger partial charge on any atom is 0.364 e. The van der Waals surface area contributed by atoms with Crippen LogP contribution in [0.2, 0.25) is 0 Å². The van der Waals surface area contributed by atoms with Crippen LogP contribution in [0.4, 0.5) is 0 Å². The van der Waals surface area contributed by atoms with E-state index in [1.54, 1.807) is 0 Å². The largest absolute Gasteiger partial charge is 0.477 e. The molecule has 0 bridgehead atoms. The maximum atomic E-state index is 13.4. The van der Waals surface area contributed by atoms with Gasteiger partial charge in [0.15, 0.2) is 25.2 Å². The summed E-state index contributed by atoms with van der Waals surface area (Å²) in [6, 6.07) is -1.82. The third kappa shape index (κ3) is 10.7. The Morgan fingerprint density at radius 1 is 0.619 bits per heavy atom. The molecule has 0 aromatic rings. The van der Waals surface area contributed by atoms with E-state index in [1.165, 1.54) is 0 Å². The number of aliphatic hydroxyl groups excluding tert-OH is 16. The molecule has 1 amide bonds. The van der Waals surface area contributed by atoms with Crippen LogP contribution in [0.5, 0.6) is 0 Å². The molecule has 5 fully saturated rings. The standard InChI is InChI=1S/C34H57NO28/c1-8(41)35-15-10(56-31-23(50)27(18(45)12(5-38)58-31)61-30-22(49)17(44)11(4-37)57-30)2-34(33(53)54,62-26(15)16(43)9(42)3-36)63-28-19(46)13(6-39)59-32(24(28)51)60-25-14(7-40)55-29(52)21(48)20(25)47/h9-32,36-40,42-52H,2-7H2,1H3,(H,35,41)(H,53,54)/t9-,10+,11+,12-,13-,14-,15-,16-,17+,18+,19+,20-,21-,22-,23-,24-,25-,26-,27+,28+,29-,30+,31-,32+,34+/m1/s1. The Morgan fingerprint density at radius 3 is 1.62 bits per heavy atom. The van der Waals surface area contributed by atoms with E-state index in [9.17, 15) is 96.4 Å². The maximum absolute atomic E-state index is 13.4. The molecule has 366 valence electrons. The van der Waals surface area contributed by atoms with Gasteiger partial charge >= 0.3 is 5.97 Å². The van der Waals surface area contributed by atoms with Crippen molar-refractivity contribution in [2.75, 3.05) is 33.0 Å². The predicted octanol–water partition coefficient (Wildman–Crippen LogP) is -11.9. The number of carboxylic acid groups (broad SMARTS) is 1. The van der Waals surface area contributed by atoms with E-state index >= 15 is 0 Å². The van der Waals surface area contributed by atoms with Crippen LogP contribution < -0.4 is 5.32 Å². The second-order valence-corrected chi connectivity index (χ2v) is 15.6. The minimum Gasteiger partial charge on any atom is -0.477 e. The van der Waals surface area contributed by atoms with Gasteiger partial charge in [-0.2, -0.15) is 0 Å². The average molecular weight is 928 g/mol. The molecule has 0 aliphatic carbocycles. The molecule has 5 heterocycles. The molecule has 5 aliphatic rings. The summed E-state index contributed by atoms with van der Waals surface area (Å²) in [5.74, 6) is -6.37. The van der Waals surface area contributed by atoms with Crippen LogP contribution in [0.25, 0.3) is 0 Å². The second kappa shape index (κ2) is 21.7. The van der Waals surface area contributed by atoms with Gasteiger partial charge < -0.3 is 135 Å². The van der Waals surface area contributed by atoms with Gasteiger partial charge in [-0.25, -0.2) is 4.79 Å². The number of rotatable bonds is 17. The third-order valence-corrected chi connectivity index (χ3v) is 11.4. The summed E-state index contributed by atoms with van der Waals surface area (Å²) < 4.78 is 50.1. The molecule has 5 saturated heterocycles. The Bertz CT molecular complexity index is 1490. The minimum atomic E-state index is -3.32. The monoisotopic (exact) mass is 927 g/mol. The van der Waals surface area contributed by atoms with Crippen molar-refractivity contribution in [3.8, 4) is 0 Å². The first-order chi connectivity index (χ1) is 29.7. The molecule has 29 heteroatoms. The number of hydrogen-bond acceptors (Lipinski definition) is 27. The molecule has 25 atom stereocenters. The van der Waals surface area contributed by atoms with Crippen LogP contribution in [0.1, 0.15) is 13.3 Å². The van der Waals surface area contributed by atoms with E-state index in [1.807, 2.05) is 0 Å². The van der Waals surface area contributed by atoms with Gasteiger partial charge in [-0.1, -0.05) is 0 Å². The lowest BCUT2D eigenvalue weighted by Crippen LogP contribution is -2.72. The minimum absolute atomic E-state index is 0.796. The number of carbonyl (C=O) groups excluding carboxylic acids is 1. The van der Waals surface area contributed by atoms with Crippen LogP contribution in [-0.4, -0.2) is 285 Å². The fourth-order valence-electron chi connectivity index (χ4n) is 7.91. The fraction of sp³-hybridized carbons (Fsp3) is 0.941. The lowest BCUT2D eigenvalue weighted by Gasteiger charge is -2.52. The molecular weight excluding hydrogens is 870 g/mol. The topological polar surface area (TPSA) is 473 Å². The second-order valence-electron chi connectivity index (χ2n) is 15.6. The van der Waals surface area contributed by atoms with Gasteiger partial charge in [0.25, 0.3) is 5.79 Å². The molecule has 0 unspecified atom stereocenters. The van der Waals surface area contributed by atoms with E-state index in [0.717, 1.165) is 6.92 Å². The van der Waals surface area contributed by atoms with Gasteiger partial charge in [0.1, 0.15) is 110 Å². The number of ether oxygens (including phenoxy) is 9. The van der Waals surface area contributed by atoms with E-state index in [2.05, 4.69) is 5.32 Å². The smallest absolute Gasteiger partial charge is 0.364 e. The molecule has 0 saturated carbocycles. The Kier molecular flexibility index (Phi) is 17.9. The summed E-state index contributed by atoms with van der Waals surface area (Å²) in [4.78, 5) is 26.0. The summed E-state index contributed by atoms with van der Waals surface area (Å²) in [5.41, 5.74) is 0. The number of aliphatic carboxylic acids is 1. The van der Waals surface area contributed by atoms with E-state index in [-0.39, 0.29) is 0 Å². The van der Waals surface area contributed by atoms with Gasteiger partial charge in [-0.05, 0) is 0 Å². The van der Waals surface area contributed by atoms with Crippen molar-refractivity contribution in [1.82, 2.24) is 5.32 Å². The van der Waals surface area contributed by atoms with E-state index in [4.69, 9.17) is 42.6 Å². The van der Waals surface area contributed by atoms with Gasteiger partial charge in [0.05, 0.1) is 45.2 Å². The molecule has 0 spiro atoms. The highest BCUT2D eigenvalue weighted by molar-refractivity contribution is 5.76. The fourth-order valence-corrected chi connectivity index (χ4v) is 7.91. The number of nitrogens with one attached hydrogen (secondary N) is 1. The zero-order chi connectivity index (χ0) is 46.8. The van der Waals surface area contributed by atoms with Crippen LogP contribution in [0, 0.1) is 0 Å². The predicted molar refractivity (Wildman–Crippen MR) is 189 cm³/mol. The first-order valence-electron chi connectivity index (χ1n) is 19.7. The van der Waals surface area contributed by atoms with Crippen molar-refractivity contribution in [3.63, 3.8) is 0 Å². The number of amides is 1. The molecule has 29 nitrogen and oxygen atoms in total. The van der Waals surface area contributed by atoms with Crippen molar-refractivity contribution in [1.29, 1.82) is 0 Å². The summed E-state index contributed by atoms with van der Waals surface area (Å²) >= 11 is 0. The highest BCUT2D eigenvalue weighted by Gasteiger charge is 2.62. The van der Waals surface area contributed by atoms with Crippen LogP contribution in [0.15, 0.2) is 0 Å². The van der Waals surface area contributed by atoms with Crippen molar-refractivity contribution in [2.24, 2.45) is 0 Å². The molecule has 5 aliphatic heterocycles. The quantitative estimate of drug-likeness (QED) is 0.0644. The summed E-state index contributed by atoms with van der Waals surface area (Å²) in [6.07, 6.45) is -47.0.